The second kappa shape index (κ2) is 7.10. The Morgan fingerprint density at radius 1 is 1.20 bits per heavy atom. The Morgan fingerprint density at radius 2 is 2.16 bits per heavy atom. The maximum atomic E-state index is 5.22. The van der Waals surface area contributed by atoms with E-state index in [1.165, 1.54) is 5.56 Å². The highest BCUT2D eigenvalue weighted by Crippen LogP contribution is 2.28. The van der Waals surface area contributed by atoms with Gasteiger partial charge < -0.3 is 9.30 Å². The molecule has 3 aromatic heterocycles. The van der Waals surface area contributed by atoms with Crippen LogP contribution in [0, 0.1) is 0 Å². The lowest BCUT2D eigenvalue weighted by atomic mass is 10.1. The van der Waals surface area contributed by atoms with E-state index in [1.54, 1.807) is 26.0 Å². The molecule has 1 aliphatic rings. The second-order valence-electron chi connectivity index (χ2n) is 6.12. The molecule has 0 aliphatic heterocycles. The number of rotatable bonds is 7. The molecule has 0 unspecified atom stereocenters. The van der Waals surface area contributed by atoms with E-state index < -0.39 is 0 Å². The van der Waals surface area contributed by atoms with E-state index in [1.807, 2.05) is 15.4 Å². The molecule has 0 bridgehead atoms. The van der Waals surface area contributed by atoms with Crippen LogP contribution in [0.2, 0.25) is 0 Å². The van der Waals surface area contributed by atoms with Crippen LogP contribution in [-0.2, 0) is 37.1 Å². The fourth-order valence-electron chi connectivity index (χ4n) is 3.20. The maximum absolute atomic E-state index is 5.22. The fraction of sp³-hybridized carbons (Fsp3) is 0.471. The normalized spacial score (nSPS) is 13.3. The zero-order chi connectivity index (χ0) is 17.1. The molecular weight excluding hydrogens is 318 g/mol. The molecule has 0 saturated carbocycles. The lowest BCUT2D eigenvalue weighted by Gasteiger charge is -2.08. The zero-order valence-electron chi connectivity index (χ0n) is 14.3. The van der Waals surface area contributed by atoms with Gasteiger partial charge in [-0.3, -0.25) is 0 Å². The highest BCUT2D eigenvalue weighted by atomic mass is 16.5. The predicted octanol–water partition coefficient (Wildman–Crippen LogP) is 1.31. The number of nitrogens with zero attached hydrogens (tertiary/aromatic N) is 7. The third kappa shape index (κ3) is 3.30. The van der Waals surface area contributed by atoms with Crippen LogP contribution in [0.4, 0.5) is 0 Å². The minimum absolute atomic E-state index is 0.588. The molecule has 0 atom stereocenters. The SMILES string of the molecule is COCCn1nc(CCn2ccnc2)nc1-c1ncnc2c1CCC2. The van der Waals surface area contributed by atoms with Gasteiger partial charge in [0.2, 0.25) is 0 Å². The molecule has 0 radical (unpaired) electrons. The van der Waals surface area contributed by atoms with Gasteiger partial charge in [-0.2, -0.15) is 5.10 Å². The number of methoxy groups -OCH3 is 1. The molecule has 0 fully saturated rings. The topological polar surface area (TPSA) is 83.5 Å². The number of fused-ring (bicyclic) bond motifs is 1. The first kappa shape index (κ1) is 15.9. The Bertz CT molecular complexity index is 841. The van der Waals surface area contributed by atoms with Gasteiger partial charge in [0.25, 0.3) is 0 Å². The van der Waals surface area contributed by atoms with Gasteiger partial charge in [0.15, 0.2) is 11.6 Å². The minimum Gasteiger partial charge on any atom is -0.383 e. The Morgan fingerprint density at radius 3 is 3.00 bits per heavy atom. The van der Waals surface area contributed by atoms with Crippen LogP contribution >= 0.6 is 0 Å². The summed E-state index contributed by atoms with van der Waals surface area (Å²) in [6.07, 6.45) is 11.1. The summed E-state index contributed by atoms with van der Waals surface area (Å²) in [4.78, 5) is 17.8. The number of imidazole rings is 1. The van der Waals surface area contributed by atoms with Gasteiger partial charge >= 0.3 is 0 Å². The van der Waals surface area contributed by atoms with Crippen LogP contribution in [0.5, 0.6) is 0 Å². The van der Waals surface area contributed by atoms with Crippen LogP contribution < -0.4 is 0 Å². The Hall–Kier alpha value is -2.61. The minimum atomic E-state index is 0.588. The summed E-state index contributed by atoms with van der Waals surface area (Å²) in [7, 11) is 1.69. The van der Waals surface area contributed by atoms with E-state index in [0.29, 0.717) is 13.2 Å². The summed E-state index contributed by atoms with van der Waals surface area (Å²) in [5.41, 5.74) is 3.28. The molecule has 3 heterocycles. The van der Waals surface area contributed by atoms with E-state index in [2.05, 4.69) is 20.1 Å². The van der Waals surface area contributed by atoms with E-state index in [0.717, 1.165) is 55.3 Å². The third-order valence-corrected chi connectivity index (χ3v) is 4.46. The number of aromatic nitrogens is 7. The van der Waals surface area contributed by atoms with Crippen molar-refractivity contribution in [2.75, 3.05) is 13.7 Å². The quantitative estimate of drug-likeness (QED) is 0.645. The zero-order valence-corrected chi connectivity index (χ0v) is 14.3. The first-order valence-electron chi connectivity index (χ1n) is 8.56. The van der Waals surface area contributed by atoms with Crippen molar-refractivity contribution in [2.24, 2.45) is 0 Å². The number of aryl methyl sites for hydroxylation is 3. The molecule has 4 rings (SSSR count). The molecule has 3 aromatic rings. The van der Waals surface area contributed by atoms with Crippen molar-refractivity contribution in [3.8, 4) is 11.5 Å². The van der Waals surface area contributed by atoms with Gasteiger partial charge in [-0.05, 0) is 19.3 Å². The van der Waals surface area contributed by atoms with Gasteiger partial charge in [-0.1, -0.05) is 0 Å². The van der Waals surface area contributed by atoms with Crippen molar-refractivity contribution >= 4 is 0 Å². The van der Waals surface area contributed by atoms with Crippen molar-refractivity contribution in [3.63, 3.8) is 0 Å². The van der Waals surface area contributed by atoms with Gasteiger partial charge in [0.05, 0.1) is 19.5 Å². The van der Waals surface area contributed by atoms with Crippen LogP contribution in [0.3, 0.4) is 0 Å². The fourth-order valence-corrected chi connectivity index (χ4v) is 3.20. The molecule has 1 aliphatic carbocycles. The first-order valence-corrected chi connectivity index (χ1v) is 8.56. The van der Waals surface area contributed by atoms with Gasteiger partial charge in [-0.25, -0.2) is 24.6 Å². The maximum Gasteiger partial charge on any atom is 0.177 e. The van der Waals surface area contributed by atoms with Gasteiger partial charge in [-0.15, -0.1) is 0 Å². The van der Waals surface area contributed by atoms with E-state index in [9.17, 15) is 0 Å². The largest absolute Gasteiger partial charge is 0.383 e. The van der Waals surface area contributed by atoms with Gasteiger partial charge in [0.1, 0.15) is 12.0 Å². The molecule has 130 valence electrons. The Labute approximate surface area is 145 Å². The number of hydrogen-bond donors (Lipinski definition) is 0. The average molecular weight is 339 g/mol. The summed E-state index contributed by atoms with van der Waals surface area (Å²) in [6, 6.07) is 0. The standard InChI is InChI=1S/C17H21N7O/c1-25-10-9-24-17(16-13-3-2-4-14(13)19-11-20-16)21-15(22-24)5-7-23-8-6-18-12-23/h6,8,11-12H,2-5,7,9-10H2,1H3. The number of ether oxygens (including phenoxy) is 1. The summed E-state index contributed by atoms with van der Waals surface area (Å²) in [5, 5.41) is 4.68. The van der Waals surface area contributed by atoms with Crippen LogP contribution in [0.15, 0.2) is 25.0 Å². The van der Waals surface area contributed by atoms with Crippen LogP contribution in [0.25, 0.3) is 11.5 Å². The first-order chi connectivity index (χ1) is 12.3. The molecule has 0 amide bonds. The lowest BCUT2D eigenvalue weighted by Crippen LogP contribution is -2.10. The molecule has 0 N–H and O–H groups in total. The summed E-state index contributed by atoms with van der Waals surface area (Å²) in [5.74, 6) is 1.63. The molecule has 8 heteroatoms. The molecule has 0 saturated heterocycles. The predicted molar refractivity (Wildman–Crippen MR) is 90.9 cm³/mol. The average Bonchev–Trinajstić information content (AvgIpc) is 3.37. The summed E-state index contributed by atoms with van der Waals surface area (Å²) >= 11 is 0. The lowest BCUT2D eigenvalue weighted by molar-refractivity contribution is 0.184. The van der Waals surface area contributed by atoms with Crippen LogP contribution in [0.1, 0.15) is 23.5 Å². The monoisotopic (exact) mass is 339 g/mol. The number of hydrogen-bond acceptors (Lipinski definition) is 6. The summed E-state index contributed by atoms with van der Waals surface area (Å²) < 4.78 is 9.16. The van der Waals surface area contributed by atoms with Crippen molar-refractivity contribution in [3.05, 3.63) is 42.1 Å². The third-order valence-electron chi connectivity index (χ3n) is 4.46. The van der Waals surface area contributed by atoms with Crippen molar-refractivity contribution in [1.29, 1.82) is 0 Å². The Balaban J connectivity index is 1.64. The van der Waals surface area contributed by atoms with Crippen LogP contribution in [-0.4, -0.2) is 48.0 Å². The second-order valence-corrected chi connectivity index (χ2v) is 6.12. The van der Waals surface area contributed by atoms with Crippen molar-refractivity contribution in [1.82, 2.24) is 34.3 Å². The highest BCUT2D eigenvalue weighted by molar-refractivity contribution is 5.57. The van der Waals surface area contributed by atoms with Crippen molar-refractivity contribution in [2.45, 2.75) is 38.8 Å². The molecule has 0 spiro atoms. The molecular formula is C17H21N7O. The highest BCUT2D eigenvalue weighted by Gasteiger charge is 2.22. The van der Waals surface area contributed by atoms with E-state index >= 15 is 0 Å². The summed E-state index contributed by atoms with van der Waals surface area (Å²) in [6.45, 7) is 2.04. The molecule has 8 nitrogen and oxygen atoms in total. The Kier molecular flexibility index (Phi) is 4.51. The smallest absolute Gasteiger partial charge is 0.177 e. The van der Waals surface area contributed by atoms with Gasteiger partial charge in [0, 0.05) is 43.7 Å². The molecule has 25 heavy (non-hydrogen) atoms. The van der Waals surface area contributed by atoms with E-state index in [-0.39, 0.29) is 0 Å². The van der Waals surface area contributed by atoms with Crippen molar-refractivity contribution < 1.29 is 4.74 Å². The molecule has 0 aromatic carbocycles. The van der Waals surface area contributed by atoms with E-state index in [4.69, 9.17) is 9.72 Å².